The van der Waals surface area contributed by atoms with Gasteiger partial charge in [-0.05, 0) is 55.5 Å². The van der Waals surface area contributed by atoms with E-state index in [1.54, 1.807) is 0 Å². The van der Waals surface area contributed by atoms with Crippen molar-refractivity contribution in [1.29, 1.82) is 0 Å². The molecule has 0 bridgehead atoms. The molecule has 1 aliphatic heterocycles. The van der Waals surface area contributed by atoms with Crippen molar-refractivity contribution < 1.29 is 4.79 Å². The summed E-state index contributed by atoms with van der Waals surface area (Å²) in [6, 6.07) is 14.5. The number of hydrogen-bond acceptors (Lipinski definition) is 2. The molecular formula is C24H29N3O. The Morgan fingerprint density at radius 3 is 2.68 bits per heavy atom. The van der Waals surface area contributed by atoms with Gasteiger partial charge in [-0.1, -0.05) is 38.1 Å². The Morgan fingerprint density at radius 2 is 1.89 bits per heavy atom. The highest BCUT2D eigenvalue weighted by Crippen LogP contribution is 2.35. The molecule has 0 unspecified atom stereocenters. The van der Waals surface area contributed by atoms with Gasteiger partial charge in [0.15, 0.2) is 0 Å². The van der Waals surface area contributed by atoms with E-state index in [0.717, 1.165) is 30.0 Å². The van der Waals surface area contributed by atoms with Crippen molar-refractivity contribution >= 4 is 22.6 Å². The number of benzene rings is 2. The molecule has 2 heterocycles. The van der Waals surface area contributed by atoms with Crippen molar-refractivity contribution in [3.63, 3.8) is 0 Å². The van der Waals surface area contributed by atoms with Crippen molar-refractivity contribution in [2.75, 3.05) is 11.4 Å². The minimum absolute atomic E-state index is 0.131. The zero-order valence-electron chi connectivity index (χ0n) is 17.3. The molecule has 2 aromatic carbocycles. The van der Waals surface area contributed by atoms with E-state index < -0.39 is 0 Å². The third-order valence-electron chi connectivity index (χ3n) is 5.97. The van der Waals surface area contributed by atoms with Gasteiger partial charge in [-0.25, -0.2) is 4.98 Å². The number of imidazole rings is 1. The largest absolute Gasteiger partial charge is 0.328 e. The molecule has 1 saturated heterocycles. The van der Waals surface area contributed by atoms with Crippen molar-refractivity contribution in [3.05, 3.63) is 59.4 Å². The molecule has 4 heteroatoms. The number of rotatable bonds is 5. The van der Waals surface area contributed by atoms with Crippen LogP contribution in [-0.2, 0) is 11.3 Å². The first-order valence-corrected chi connectivity index (χ1v) is 10.3. The first kappa shape index (κ1) is 18.7. The first-order valence-electron chi connectivity index (χ1n) is 10.3. The summed E-state index contributed by atoms with van der Waals surface area (Å²) in [6.07, 6.45) is 1.63. The summed E-state index contributed by atoms with van der Waals surface area (Å²) in [5.41, 5.74) is 5.65. The van der Waals surface area contributed by atoms with E-state index in [-0.39, 0.29) is 11.8 Å². The number of carbonyl (C=O) groups excluding carboxylic acids is 1. The molecule has 28 heavy (non-hydrogen) atoms. The zero-order valence-corrected chi connectivity index (χ0v) is 17.3. The molecule has 3 aromatic rings. The number of para-hydroxylation sites is 2. The minimum Gasteiger partial charge on any atom is -0.328 e. The normalized spacial score (nSPS) is 17.2. The Kier molecular flexibility index (Phi) is 4.96. The molecule has 4 rings (SSSR count). The van der Waals surface area contributed by atoms with Crippen LogP contribution in [0.15, 0.2) is 42.5 Å². The highest BCUT2D eigenvalue weighted by molar-refractivity contribution is 5.97. The van der Waals surface area contributed by atoms with Crippen LogP contribution in [0.5, 0.6) is 0 Å². The first-order chi connectivity index (χ1) is 13.5. The summed E-state index contributed by atoms with van der Waals surface area (Å²) >= 11 is 0. The van der Waals surface area contributed by atoms with Gasteiger partial charge in [0.1, 0.15) is 5.82 Å². The third kappa shape index (κ3) is 3.32. The summed E-state index contributed by atoms with van der Waals surface area (Å²) in [7, 11) is 0. The van der Waals surface area contributed by atoms with Gasteiger partial charge >= 0.3 is 0 Å². The summed E-state index contributed by atoms with van der Waals surface area (Å²) in [4.78, 5) is 19.8. The lowest BCUT2D eigenvalue weighted by atomic mass is 10.1. The van der Waals surface area contributed by atoms with Gasteiger partial charge in [0, 0.05) is 31.1 Å². The summed E-state index contributed by atoms with van der Waals surface area (Å²) in [5, 5.41) is 0. The Hall–Kier alpha value is -2.62. The summed E-state index contributed by atoms with van der Waals surface area (Å²) < 4.78 is 2.35. The molecule has 0 radical (unpaired) electrons. The van der Waals surface area contributed by atoms with Gasteiger partial charge in [0.2, 0.25) is 5.91 Å². The average molecular weight is 376 g/mol. The van der Waals surface area contributed by atoms with E-state index in [4.69, 9.17) is 4.98 Å². The number of amides is 1. The van der Waals surface area contributed by atoms with Gasteiger partial charge in [-0.2, -0.15) is 0 Å². The number of aromatic nitrogens is 2. The van der Waals surface area contributed by atoms with Gasteiger partial charge in [0.05, 0.1) is 11.0 Å². The number of carbonyl (C=O) groups is 1. The van der Waals surface area contributed by atoms with Crippen LogP contribution in [-0.4, -0.2) is 22.0 Å². The molecule has 0 aliphatic carbocycles. The average Bonchev–Trinajstić information content (AvgIpc) is 3.22. The van der Waals surface area contributed by atoms with E-state index in [0.29, 0.717) is 18.9 Å². The Balaban J connectivity index is 1.70. The number of fused-ring (bicyclic) bond motifs is 1. The molecule has 4 nitrogen and oxygen atoms in total. The molecule has 0 saturated carbocycles. The molecule has 0 spiro atoms. The lowest BCUT2D eigenvalue weighted by molar-refractivity contribution is -0.117. The van der Waals surface area contributed by atoms with Gasteiger partial charge < -0.3 is 9.47 Å². The molecule has 0 N–H and O–H groups in total. The Labute approximate surface area is 167 Å². The van der Waals surface area contributed by atoms with Crippen molar-refractivity contribution in [3.8, 4) is 0 Å². The van der Waals surface area contributed by atoms with E-state index in [9.17, 15) is 4.79 Å². The van der Waals surface area contributed by atoms with Gasteiger partial charge in [-0.3, -0.25) is 4.79 Å². The maximum atomic E-state index is 12.9. The van der Waals surface area contributed by atoms with Crippen LogP contribution in [0.25, 0.3) is 11.0 Å². The molecule has 1 aliphatic rings. The van der Waals surface area contributed by atoms with E-state index in [1.807, 2.05) is 17.0 Å². The molecule has 1 amide bonds. The number of anilines is 1. The minimum atomic E-state index is 0.131. The standard InChI is InChI=1S/C24H29N3O/c1-16(2)12-13-26-22-10-6-5-9-20(22)25-24(26)19-14-23(28)27(15-19)21-11-7-8-17(3)18(21)4/h5-11,16,19H,12-15H2,1-4H3/t19-/m1/s1. The molecular weight excluding hydrogens is 346 g/mol. The second-order valence-corrected chi connectivity index (χ2v) is 8.42. The monoisotopic (exact) mass is 375 g/mol. The lowest BCUT2D eigenvalue weighted by Crippen LogP contribution is -2.25. The zero-order chi connectivity index (χ0) is 19.8. The fraction of sp³-hybridized carbons (Fsp3) is 0.417. The smallest absolute Gasteiger partial charge is 0.227 e. The van der Waals surface area contributed by atoms with Crippen LogP contribution in [0.2, 0.25) is 0 Å². The molecule has 1 fully saturated rings. The van der Waals surface area contributed by atoms with Gasteiger partial charge in [0.25, 0.3) is 0 Å². The van der Waals surface area contributed by atoms with Crippen LogP contribution < -0.4 is 4.90 Å². The third-order valence-corrected chi connectivity index (χ3v) is 5.97. The van der Waals surface area contributed by atoms with Crippen LogP contribution in [0.1, 0.15) is 49.6 Å². The quantitative estimate of drug-likeness (QED) is 0.613. The summed E-state index contributed by atoms with van der Waals surface area (Å²) in [5.74, 6) is 2.02. The summed E-state index contributed by atoms with van der Waals surface area (Å²) in [6.45, 7) is 10.3. The SMILES string of the molecule is Cc1cccc(N2C[C@H](c3nc4ccccc4n3CCC(C)C)CC2=O)c1C. The van der Waals surface area contributed by atoms with Gasteiger partial charge in [-0.15, -0.1) is 0 Å². The highest BCUT2D eigenvalue weighted by atomic mass is 16.2. The van der Waals surface area contributed by atoms with Crippen molar-refractivity contribution in [2.45, 2.75) is 53.0 Å². The second kappa shape index (κ2) is 7.42. The molecule has 1 atom stereocenters. The topological polar surface area (TPSA) is 38.1 Å². The van der Waals surface area contributed by atoms with E-state index >= 15 is 0 Å². The maximum Gasteiger partial charge on any atom is 0.227 e. The predicted molar refractivity (Wildman–Crippen MR) is 115 cm³/mol. The fourth-order valence-electron chi connectivity index (χ4n) is 4.17. The Morgan fingerprint density at radius 1 is 1.11 bits per heavy atom. The van der Waals surface area contributed by atoms with Crippen LogP contribution in [0.3, 0.4) is 0 Å². The maximum absolute atomic E-state index is 12.9. The molecule has 1 aromatic heterocycles. The number of hydrogen-bond donors (Lipinski definition) is 0. The number of aryl methyl sites for hydroxylation is 2. The van der Waals surface area contributed by atoms with Crippen molar-refractivity contribution in [2.24, 2.45) is 5.92 Å². The fourth-order valence-corrected chi connectivity index (χ4v) is 4.17. The van der Waals surface area contributed by atoms with E-state index in [1.165, 1.54) is 16.6 Å². The van der Waals surface area contributed by atoms with Crippen LogP contribution >= 0.6 is 0 Å². The van der Waals surface area contributed by atoms with Crippen molar-refractivity contribution in [1.82, 2.24) is 9.55 Å². The van der Waals surface area contributed by atoms with Crippen LogP contribution in [0.4, 0.5) is 5.69 Å². The lowest BCUT2D eigenvalue weighted by Gasteiger charge is -2.20. The second-order valence-electron chi connectivity index (χ2n) is 8.42. The van der Waals surface area contributed by atoms with Crippen LogP contribution in [0, 0.1) is 19.8 Å². The highest BCUT2D eigenvalue weighted by Gasteiger charge is 2.35. The Bertz CT molecular complexity index is 1020. The van der Waals surface area contributed by atoms with E-state index in [2.05, 4.69) is 62.6 Å². The molecule has 146 valence electrons. The number of nitrogens with zero attached hydrogens (tertiary/aromatic N) is 3. The predicted octanol–water partition coefficient (Wildman–Crippen LogP) is 5.22.